The minimum Gasteiger partial charge on any atom is -0.444 e. The van der Waals surface area contributed by atoms with Crippen molar-refractivity contribution in [2.45, 2.75) is 121 Å². The summed E-state index contributed by atoms with van der Waals surface area (Å²) in [4.78, 5) is 12.4. The molecule has 2 rings (SSSR count). The van der Waals surface area contributed by atoms with Crippen molar-refractivity contribution in [2.24, 2.45) is 0 Å². The third-order valence-electron chi connectivity index (χ3n) is 6.34. The summed E-state index contributed by atoms with van der Waals surface area (Å²) >= 11 is 0. The smallest absolute Gasteiger partial charge is 0.407 e. The van der Waals surface area contributed by atoms with Crippen LogP contribution in [0.25, 0.3) is 0 Å². The molecular weight excluding hydrogens is 430 g/mol. The first kappa shape index (κ1) is 27.3. The van der Waals surface area contributed by atoms with Crippen LogP contribution in [0.15, 0.2) is 12.2 Å². The highest BCUT2D eigenvalue weighted by Crippen LogP contribution is 2.49. The second-order valence-electron chi connectivity index (χ2n) is 11.9. The van der Waals surface area contributed by atoms with Gasteiger partial charge in [-0.05, 0) is 52.8 Å². The minimum absolute atomic E-state index is 0.0479. The molecule has 0 unspecified atom stereocenters. The fourth-order valence-electron chi connectivity index (χ4n) is 3.93. The third-order valence-corrected chi connectivity index (χ3v) is 10.8. The van der Waals surface area contributed by atoms with Crippen LogP contribution in [-0.4, -0.2) is 72.6 Å². The molecule has 0 aromatic heterocycles. The van der Waals surface area contributed by atoms with E-state index >= 15 is 0 Å². The second kappa shape index (κ2) is 9.00. The molecule has 0 aromatic rings. The van der Waals surface area contributed by atoms with Crippen molar-refractivity contribution in [1.82, 2.24) is 5.32 Å². The summed E-state index contributed by atoms with van der Waals surface area (Å²) in [7, 11) is -2.24. The number of aliphatic hydroxyl groups is 2. The number of rotatable bonds is 6. The van der Waals surface area contributed by atoms with Gasteiger partial charge in [0, 0.05) is 6.42 Å². The van der Waals surface area contributed by atoms with Crippen LogP contribution >= 0.6 is 0 Å². The molecule has 9 heteroatoms. The Labute approximate surface area is 193 Å². The maximum absolute atomic E-state index is 12.4. The number of amides is 1. The van der Waals surface area contributed by atoms with E-state index in [0.717, 1.165) is 0 Å². The highest BCUT2D eigenvalue weighted by molar-refractivity contribution is 6.74. The average molecular weight is 474 g/mol. The molecule has 0 aromatic carbocycles. The number of ether oxygens (including phenoxy) is 3. The highest BCUT2D eigenvalue weighted by atomic mass is 28.4. The van der Waals surface area contributed by atoms with Crippen molar-refractivity contribution in [3.05, 3.63) is 12.2 Å². The van der Waals surface area contributed by atoms with E-state index in [0.29, 0.717) is 0 Å². The summed E-state index contributed by atoms with van der Waals surface area (Å²) < 4.78 is 24.7. The molecule has 0 spiro atoms. The van der Waals surface area contributed by atoms with Crippen molar-refractivity contribution in [3.8, 4) is 0 Å². The first-order valence-electron chi connectivity index (χ1n) is 11.3. The van der Waals surface area contributed by atoms with Gasteiger partial charge in [0.25, 0.3) is 0 Å². The van der Waals surface area contributed by atoms with Gasteiger partial charge < -0.3 is 34.2 Å². The molecule has 0 bridgehead atoms. The lowest BCUT2D eigenvalue weighted by molar-refractivity contribution is -0.180. The Morgan fingerprint density at radius 3 is 2.28 bits per heavy atom. The Kier molecular flexibility index (Phi) is 7.67. The van der Waals surface area contributed by atoms with Crippen LogP contribution < -0.4 is 5.32 Å². The van der Waals surface area contributed by atoms with Crippen molar-refractivity contribution >= 4 is 14.4 Å². The predicted molar refractivity (Wildman–Crippen MR) is 125 cm³/mol. The molecular formula is C23H43NO7Si. The van der Waals surface area contributed by atoms with Crippen LogP contribution in [0.1, 0.15) is 61.8 Å². The standard InChI is InChI=1S/C23H43NO7Si/c1-20(2,3)29-19(27)24-15(14-25)13-23-17(30-32(9,10)21(4,5)6)12-11-16(26)18(23)28-22(7,8)31-23/h11-12,15-18,25-26H,13-14H2,1-10H3,(H,24,27)/t15-,16+,17+,18-,23+/m0/s1. The molecule has 3 N–H and O–H groups in total. The summed E-state index contributed by atoms with van der Waals surface area (Å²) in [5.41, 5.74) is -1.77. The van der Waals surface area contributed by atoms with Gasteiger partial charge in [-0.2, -0.15) is 0 Å². The minimum atomic E-state index is -2.24. The molecule has 186 valence electrons. The lowest BCUT2D eigenvalue weighted by Crippen LogP contribution is -2.63. The fourth-order valence-corrected chi connectivity index (χ4v) is 5.20. The van der Waals surface area contributed by atoms with Gasteiger partial charge in [-0.15, -0.1) is 0 Å². The summed E-state index contributed by atoms with van der Waals surface area (Å²) in [5, 5.41) is 23.5. The Hall–Kier alpha value is -0.973. The molecule has 32 heavy (non-hydrogen) atoms. The van der Waals surface area contributed by atoms with E-state index in [-0.39, 0.29) is 18.1 Å². The summed E-state index contributed by atoms with van der Waals surface area (Å²) in [6.07, 6.45) is 0.917. The second-order valence-corrected chi connectivity index (χ2v) is 16.7. The first-order chi connectivity index (χ1) is 14.3. The molecule has 1 aliphatic heterocycles. The van der Waals surface area contributed by atoms with Crippen molar-refractivity contribution in [3.63, 3.8) is 0 Å². The van der Waals surface area contributed by atoms with Crippen molar-refractivity contribution < 1.29 is 33.6 Å². The molecule has 2 aliphatic rings. The van der Waals surface area contributed by atoms with E-state index in [1.807, 2.05) is 6.08 Å². The van der Waals surface area contributed by atoms with Gasteiger partial charge in [0.2, 0.25) is 0 Å². The first-order valence-corrected chi connectivity index (χ1v) is 14.3. The van der Waals surface area contributed by atoms with Crippen LogP contribution in [0.5, 0.6) is 0 Å². The number of nitrogens with one attached hydrogen (secondary N) is 1. The van der Waals surface area contributed by atoms with E-state index in [2.05, 4.69) is 39.2 Å². The van der Waals surface area contributed by atoms with Gasteiger partial charge in [-0.1, -0.05) is 32.9 Å². The molecule has 0 saturated carbocycles. The van der Waals surface area contributed by atoms with E-state index < -0.39 is 55.8 Å². The SMILES string of the molecule is CC(C)(C)OC(=O)N[C@H](CO)C[C@]12OC(C)(C)O[C@H]1[C@H](O)C=C[C@H]2O[Si](C)(C)C(C)(C)C. The quantitative estimate of drug-likeness (QED) is 0.400. The number of hydrogen-bond donors (Lipinski definition) is 3. The number of carbonyl (C=O) groups excluding carboxylic acids is 1. The molecule has 0 radical (unpaired) electrons. The van der Waals surface area contributed by atoms with Crippen molar-refractivity contribution in [2.75, 3.05) is 6.61 Å². The van der Waals surface area contributed by atoms with Gasteiger partial charge in [0.15, 0.2) is 14.1 Å². The van der Waals surface area contributed by atoms with Crippen LogP contribution in [0.2, 0.25) is 18.1 Å². The Morgan fingerprint density at radius 2 is 1.78 bits per heavy atom. The average Bonchev–Trinajstić information content (AvgIpc) is 2.86. The van der Waals surface area contributed by atoms with Gasteiger partial charge >= 0.3 is 6.09 Å². The zero-order valence-corrected chi connectivity index (χ0v) is 22.3. The van der Waals surface area contributed by atoms with Gasteiger partial charge in [-0.3, -0.25) is 0 Å². The summed E-state index contributed by atoms with van der Waals surface area (Å²) in [5.74, 6) is -0.974. The maximum atomic E-state index is 12.4. The predicted octanol–water partition coefficient (Wildman–Crippen LogP) is 3.47. The van der Waals surface area contributed by atoms with Crippen LogP contribution in [0, 0.1) is 0 Å². The Balaban J connectivity index is 2.40. The van der Waals surface area contributed by atoms with Crippen LogP contribution in [-0.2, 0) is 18.6 Å². The molecule has 1 heterocycles. The lowest BCUT2D eigenvalue weighted by Gasteiger charge is -2.48. The third kappa shape index (κ3) is 6.12. The Bertz CT molecular complexity index is 710. The van der Waals surface area contributed by atoms with Crippen LogP contribution in [0.4, 0.5) is 4.79 Å². The molecule has 1 amide bonds. The van der Waals surface area contributed by atoms with E-state index in [9.17, 15) is 15.0 Å². The molecule has 1 aliphatic carbocycles. The monoisotopic (exact) mass is 473 g/mol. The van der Waals surface area contributed by atoms with Gasteiger partial charge in [0.05, 0.1) is 18.8 Å². The zero-order chi connectivity index (χ0) is 24.8. The molecule has 5 atom stereocenters. The number of aliphatic hydroxyl groups excluding tert-OH is 2. The van der Waals surface area contributed by atoms with Gasteiger partial charge in [-0.25, -0.2) is 4.79 Å². The topological polar surface area (TPSA) is 106 Å². The number of carbonyl (C=O) groups is 1. The van der Waals surface area contributed by atoms with Gasteiger partial charge in [0.1, 0.15) is 23.4 Å². The van der Waals surface area contributed by atoms with E-state index in [4.69, 9.17) is 18.6 Å². The summed E-state index contributed by atoms with van der Waals surface area (Å²) in [6, 6.07) is -0.686. The highest BCUT2D eigenvalue weighted by Gasteiger charge is 2.62. The molecule has 1 fully saturated rings. The fraction of sp³-hybridized carbons (Fsp3) is 0.870. The maximum Gasteiger partial charge on any atom is 0.407 e. The normalized spacial score (nSPS) is 31.2. The lowest BCUT2D eigenvalue weighted by atomic mass is 9.78. The Morgan fingerprint density at radius 1 is 1.19 bits per heavy atom. The molecule has 8 nitrogen and oxygen atoms in total. The van der Waals surface area contributed by atoms with E-state index in [1.165, 1.54) is 0 Å². The van der Waals surface area contributed by atoms with E-state index in [1.54, 1.807) is 40.7 Å². The largest absolute Gasteiger partial charge is 0.444 e. The van der Waals surface area contributed by atoms with Crippen molar-refractivity contribution in [1.29, 1.82) is 0 Å². The number of hydrogen-bond acceptors (Lipinski definition) is 7. The number of alkyl carbamates (subject to hydrolysis) is 1. The summed E-state index contributed by atoms with van der Waals surface area (Å²) in [6.45, 7) is 19.3. The number of fused-ring (bicyclic) bond motifs is 1. The molecule has 1 saturated heterocycles. The van der Waals surface area contributed by atoms with Crippen LogP contribution in [0.3, 0.4) is 0 Å². The zero-order valence-electron chi connectivity index (χ0n) is 21.3.